The predicted molar refractivity (Wildman–Crippen MR) is 88.5 cm³/mol. The average Bonchev–Trinajstić information content (AvgIpc) is 2.52. The van der Waals surface area contributed by atoms with Crippen molar-refractivity contribution in [3.63, 3.8) is 0 Å². The monoisotopic (exact) mass is 362 g/mol. The van der Waals surface area contributed by atoms with Crippen LogP contribution in [0.1, 0.15) is 22.8 Å². The molecule has 114 valence electrons. The lowest BCUT2D eigenvalue weighted by atomic mass is 10.1. The smallest absolute Gasteiger partial charge is 0.271 e. The first kappa shape index (κ1) is 16.0. The van der Waals surface area contributed by atoms with E-state index in [2.05, 4.69) is 26.5 Å². The normalized spacial score (nSPS) is 11.1. The number of carbonyl (C=O) groups is 1. The highest BCUT2D eigenvalue weighted by Gasteiger charge is 2.08. The van der Waals surface area contributed by atoms with Crippen molar-refractivity contribution in [2.75, 3.05) is 7.11 Å². The topological polar surface area (TPSA) is 70.9 Å². The SMILES string of the molecule is COc1ccc(C(C)=NNC(=O)c2ccc(Br)cc2)c(O)c1. The first-order valence-corrected chi connectivity index (χ1v) is 7.28. The van der Waals surface area contributed by atoms with Crippen molar-refractivity contribution in [3.8, 4) is 11.5 Å². The molecule has 6 heteroatoms. The zero-order valence-electron chi connectivity index (χ0n) is 12.1. The molecule has 0 unspecified atom stereocenters. The van der Waals surface area contributed by atoms with Gasteiger partial charge in [-0.2, -0.15) is 5.10 Å². The number of hydrogen-bond donors (Lipinski definition) is 2. The Hall–Kier alpha value is -2.34. The number of phenols is 1. The lowest BCUT2D eigenvalue weighted by Gasteiger charge is -2.07. The van der Waals surface area contributed by atoms with Gasteiger partial charge in [-0.15, -0.1) is 0 Å². The van der Waals surface area contributed by atoms with Gasteiger partial charge >= 0.3 is 0 Å². The summed E-state index contributed by atoms with van der Waals surface area (Å²) < 4.78 is 5.92. The highest BCUT2D eigenvalue weighted by atomic mass is 79.9. The van der Waals surface area contributed by atoms with Gasteiger partial charge in [0.2, 0.25) is 0 Å². The Morgan fingerprint density at radius 2 is 1.91 bits per heavy atom. The van der Waals surface area contributed by atoms with Gasteiger partial charge in [0.25, 0.3) is 5.91 Å². The second-order valence-corrected chi connectivity index (χ2v) is 5.44. The molecule has 0 spiro atoms. The number of hydrazone groups is 1. The molecule has 0 radical (unpaired) electrons. The predicted octanol–water partition coefficient (Wildman–Crippen LogP) is 3.32. The molecular formula is C16H15BrN2O3. The summed E-state index contributed by atoms with van der Waals surface area (Å²) in [5.74, 6) is 0.270. The number of nitrogens with zero attached hydrogens (tertiary/aromatic N) is 1. The Balaban J connectivity index is 2.12. The maximum atomic E-state index is 12.0. The summed E-state index contributed by atoms with van der Waals surface area (Å²) in [6, 6.07) is 11.8. The van der Waals surface area contributed by atoms with Crippen LogP contribution in [0.3, 0.4) is 0 Å². The van der Waals surface area contributed by atoms with Crippen LogP contribution < -0.4 is 10.2 Å². The van der Waals surface area contributed by atoms with E-state index in [4.69, 9.17) is 4.74 Å². The molecule has 0 saturated heterocycles. The molecule has 2 aromatic carbocycles. The lowest BCUT2D eigenvalue weighted by molar-refractivity contribution is 0.0955. The second-order valence-electron chi connectivity index (χ2n) is 4.53. The van der Waals surface area contributed by atoms with Gasteiger partial charge in [0.05, 0.1) is 12.8 Å². The molecule has 0 saturated carbocycles. The fourth-order valence-corrected chi connectivity index (χ4v) is 2.07. The number of hydrogen-bond acceptors (Lipinski definition) is 4. The summed E-state index contributed by atoms with van der Waals surface area (Å²) in [7, 11) is 1.52. The molecule has 0 atom stereocenters. The Bertz CT molecular complexity index is 712. The lowest BCUT2D eigenvalue weighted by Crippen LogP contribution is -2.19. The van der Waals surface area contributed by atoms with Crippen molar-refractivity contribution in [2.45, 2.75) is 6.92 Å². The van der Waals surface area contributed by atoms with Crippen LogP contribution in [0.4, 0.5) is 0 Å². The number of nitrogens with one attached hydrogen (secondary N) is 1. The number of benzene rings is 2. The van der Waals surface area contributed by atoms with E-state index in [0.717, 1.165) is 4.47 Å². The average molecular weight is 363 g/mol. The van der Waals surface area contributed by atoms with E-state index in [9.17, 15) is 9.90 Å². The van der Waals surface area contributed by atoms with Gasteiger partial charge in [0.1, 0.15) is 11.5 Å². The summed E-state index contributed by atoms with van der Waals surface area (Å²) in [5.41, 5.74) is 3.98. The largest absolute Gasteiger partial charge is 0.507 e. The number of halogens is 1. The van der Waals surface area contributed by atoms with Gasteiger partial charge in [-0.1, -0.05) is 15.9 Å². The highest BCUT2D eigenvalue weighted by Crippen LogP contribution is 2.23. The van der Waals surface area contributed by atoms with E-state index in [-0.39, 0.29) is 11.7 Å². The first-order chi connectivity index (χ1) is 10.5. The number of amides is 1. The Morgan fingerprint density at radius 1 is 1.23 bits per heavy atom. The van der Waals surface area contributed by atoms with Crippen LogP contribution in [0.25, 0.3) is 0 Å². The van der Waals surface area contributed by atoms with Crippen molar-refractivity contribution in [2.24, 2.45) is 5.10 Å². The van der Waals surface area contributed by atoms with Gasteiger partial charge in [-0.05, 0) is 43.3 Å². The van der Waals surface area contributed by atoms with Crippen molar-refractivity contribution >= 4 is 27.5 Å². The van der Waals surface area contributed by atoms with E-state index in [1.54, 1.807) is 43.3 Å². The molecule has 0 bridgehead atoms. The first-order valence-electron chi connectivity index (χ1n) is 6.49. The number of ether oxygens (including phenoxy) is 1. The standard InChI is InChI=1S/C16H15BrN2O3/c1-10(14-8-7-13(22-2)9-15(14)20)18-19-16(21)11-3-5-12(17)6-4-11/h3-9,20H,1-2H3,(H,19,21). The quantitative estimate of drug-likeness (QED) is 0.647. The third-order valence-electron chi connectivity index (χ3n) is 3.03. The molecule has 0 aromatic heterocycles. The van der Waals surface area contributed by atoms with Gasteiger partial charge in [0, 0.05) is 21.7 Å². The molecule has 0 fully saturated rings. The van der Waals surface area contributed by atoms with Crippen LogP contribution in [0.15, 0.2) is 52.0 Å². The minimum Gasteiger partial charge on any atom is -0.507 e. The zero-order chi connectivity index (χ0) is 16.1. The summed E-state index contributed by atoms with van der Waals surface area (Å²) in [6.45, 7) is 1.70. The van der Waals surface area contributed by atoms with Crippen molar-refractivity contribution in [1.82, 2.24) is 5.43 Å². The van der Waals surface area contributed by atoms with Crippen LogP contribution in [-0.2, 0) is 0 Å². The molecular weight excluding hydrogens is 348 g/mol. The number of methoxy groups -OCH3 is 1. The maximum absolute atomic E-state index is 12.0. The molecule has 1 amide bonds. The fraction of sp³-hybridized carbons (Fsp3) is 0.125. The number of rotatable bonds is 4. The molecule has 0 aliphatic rings. The van der Waals surface area contributed by atoms with Gasteiger partial charge < -0.3 is 9.84 Å². The molecule has 22 heavy (non-hydrogen) atoms. The van der Waals surface area contributed by atoms with Crippen LogP contribution in [0, 0.1) is 0 Å². The molecule has 0 heterocycles. The summed E-state index contributed by atoms with van der Waals surface area (Å²) >= 11 is 3.31. The van der Waals surface area contributed by atoms with Gasteiger partial charge in [-0.3, -0.25) is 4.79 Å². The van der Waals surface area contributed by atoms with E-state index in [0.29, 0.717) is 22.6 Å². The van der Waals surface area contributed by atoms with Crippen LogP contribution in [0.2, 0.25) is 0 Å². The van der Waals surface area contributed by atoms with Crippen LogP contribution in [-0.4, -0.2) is 23.8 Å². The van der Waals surface area contributed by atoms with Gasteiger partial charge in [0.15, 0.2) is 0 Å². The molecule has 0 aliphatic heterocycles. The van der Waals surface area contributed by atoms with E-state index >= 15 is 0 Å². The zero-order valence-corrected chi connectivity index (χ0v) is 13.7. The van der Waals surface area contributed by atoms with E-state index in [1.165, 1.54) is 13.2 Å². The van der Waals surface area contributed by atoms with Crippen molar-refractivity contribution < 1.29 is 14.6 Å². The second kappa shape index (κ2) is 7.09. The van der Waals surface area contributed by atoms with Gasteiger partial charge in [-0.25, -0.2) is 5.43 Å². The van der Waals surface area contributed by atoms with E-state index in [1.807, 2.05) is 0 Å². The van der Waals surface area contributed by atoms with Crippen LogP contribution >= 0.6 is 15.9 Å². The van der Waals surface area contributed by atoms with Crippen molar-refractivity contribution in [3.05, 3.63) is 58.1 Å². The maximum Gasteiger partial charge on any atom is 0.271 e. The summed E-state index contributed by atoms with van der Waals surface area (Å²) in [5, 5.41) is 13.9. The molecule has 5 nitrogen and oxygen atoms in total. The minimum atomic E-state index is -0.320. The highest BCUT2D eigenvalue weighted by molar-refractivity contribution is 9.10. The third kappa shape index (κ3) is 3.85. The van der Waals surface area contributed by atoms with Crippen molar-refractivity contribution in [1.29, 1.82) is 0 Å². The molecule has 0 aliphatic carbocycles. The summed E-state index contributed by atoms with van der Waals surface area (Å²) in [4.78, 5) is 12.0. The minimum absolute atomic E-state index is 0.0403. The summed E-state index contributed by atoms with van der Waals surface area (Å²) in [6.07, 6.45) is 0. The van der Waals surface area contributed by atoms with E-state index < -0.39 is 0 Å². The molecule has 2 rings (SSSR count). The fourth-order valence-electron chi connectivity index (χ4n) is 1.81. The Kier molecular flexibility index (Phi) is 5.16. The number of phenolic OH excluding ortho intramolecular Hbond substituents is 1. The number of carbonyl (C=O) groups excluding carboxylic acids is 1. The Morgan fingerprint density at radius 3 is 2.50 bits per heavy atom. The third-order valence-corrected chi connectivity index (χ3v) is 3.55. The Labute approximate surface area is 136 Å². The molecule has 2 aromatic rings. The van der Waals surface area contributed by atoms with Crippen LogP contribution in [0.5, 0.6) is 11.5 Å². The number of aromatic hydroxyl groups is 1. The molecule has 2 N–H and O–H groups in total.